The molecule has 2 amide bonds. The van der Waals surface area contributed by atoms with Crippen LogP contribution in [-0.4, -0.2) is 23.9 Å². The van der Waals surface area contributed by atoms with Gasteiger partial charge in [0.2, 0.25) is 0 Å². The maximum absolute atomic E-state index is 12.1. The smallest absolute Gasteiger partial charge is 0.338 e. The molecule has 0 unspecified atom stereocenters. The van der Waals surface area contributed by atoms with Gasteiger partial charge in [-0.15, -0.1) is 11.3 Å². The summed E-state index contributed by atoms with van der Waals surface area (Å²) < 4.78 is 5.07. The van der Waals surface area contributed by atoms with Crippen LogP contribution in [0, 0.1) is 11.3 Å². The number of hydrogen-bond donors (Lipinski definition) is 2. The van der Waals surface area contributed by atoms with Crippen LogP contribution in [0.25, 0.3) is 0 Å². The zero-order valence-electron chi connectivity index (χ0n) is 12.6. The van der Waals surface area contributed by atoms with Crippen molar-refractivity contribution in [3.8, 4) is 6.07 Å². The standard InChI is InChI=1S/C16H13N3O4S/c1-9(14(21)19-15-12(13(18)20)5-6-24-15)23-16(22)11-4-2-3-10(7-11)8-17/h2-7,9H,1H3,(H2,18,20)(H,19,21)/t9-/m1/s1. The van der Waals surface area contributed by atoms with Crippen molar-refractivity contribution < 1.29 is 19.1 Å². The van der Waals surface area contributed by atoms with Crippen LogP contribution in [0.4, 0.5) is 5.00 Å². The lowest BCUT2D eigenvalue weighted by Gasteiger charge is -2.13. The van der Waals surface area contributed by atoms with Crippen LogP contribution >= 0.6 is 11.3 Å². The maximum atomic E-state index is 12.1. The molecule has 0 saturated carbocycles. The Morgan fingerprint density at radius 3 is 2.75 bits per heavy atom. The van der Waals surface area contributed by atoms with E-state index in [1.54, 1.807) is 17.5 Å². The topological polar surface area (TPSA) is 122 Å². The molecule has 1 aromatic carbocycles. The van der Waals surface area contributed by atoms with E-state index in [1.807, 2.05) is 6.07 Å². The monoisotopic (exact) mass is 343 g/mol. The normalized spacial score (nSPS) is 11.2. The van der Waals surface area contributed by atoms with E-state index in [0.29, 0.717) is 10.6 Å². The van der Waals surface area contributed by atoms with Crippen LogP contribution in [0.15, 0.2) is 35.7 Å². The molecule has 2 rings (SSSR count). The highest BCUT2D eigenvalue weighted by atomic mass is 32.1. The summed E-state index contributed by atoms with van der Waals surface area (Å²) in [6.45, 7) is 1.40. The molecule has 0 aliphatic rings. The number of carbonyl (C=O) groups is 3. The van der Waals surface area contributed by atoms with Gasteiger partial charge in [0.15, 0.2) is 6.10 Å². The summed E-state index contributed by atoms with van der Waals surface area (Å²) in [5.74, 6) is -1.98. The molecule has 0 spiro atoms. The maximum Gasteiger partial charge on any atom is 0.338 e. The van der Waals surface area contributed by atoms with Crippen LogP contribution in [0.5, 0.6) is 0 Å². The lowest BCUT2D eigenvalue weighted by Crippen LogP contribution is -2.30. The lowest BCUT2D eigenvalue weighted by molar-refractivity contribution is -0.123. The first kappa shape index (κ1) is 17.2. The number of nitrogens with zero attached hydrogens (tertiary/aromatic N) is 1. The fourth-order valence-corrected chi connectivity index (χ4v) is 2.61. The lowest BCUT2D eigenvalue weighted by atomic mass is 10.1. The quantitative estimate of drug-likeness (QED) is 0.803. The summed E-state index contributed by atoms with van der Waals surface area (Å²) in [5, 5.41) is 13.2. The van der Waals surface area contributed by atoms with E-state index in [4.69, 9.17) is 15.7 Å². The van der Waals surface area contributed by atoms with Crippen molar-refractivity contribution in [3.63, 3.8) is 0 Å². The van der Waals surface area contributed by atoms with Crippen molar-refractivity contribution in [2.75, 3.05) is 5.32 Å². The van der Waals surface area contributed by atoms with Gasteiger partial charge >= 0.3 is 5.97 Å². The van der Waals surface area contributed by atoms with E-state index in [-0.39, 0.29) is 11.1 Å². The van der Waals surface area contributed by atoms with Gasteiger partial charge < -0.3 is 15.8 Å². The molecule has 24 heavy (non-hydrogen) atoms. The third-order valence-corrected chi connectivity index (χ3v) is 3.88. The van der Waals surface area contributed by atoms with Gasteiger partial charge in [-0.05, 0) is 36.6 Å². The molecule has 0 saturated heterocycles. The minimum Gasteiger partial charge on any atom is -0.449 e. The Labute approximate surface area is 141 Å². The van der Waals surface area contributed by atoms with Gasteiger partial charge in [0.1, 0.15) is 5.00 Å². The third kappa shape index (κ3) is 3.97. The first-order valence-electron chi connectivity index (χ1n) is 6.81. The van der Waals surface area contributed by atoms with E-state index in [2.05, 4.69) is 5.32 Å². The predicted octanol–water partition coefficient (Wildman–Crippen LogP) is 1.90. The number of nitrogens with one attached hydrogen (secondary N) is 1. The molecule has 1 heterocycles. The fraction of sp³-hybridized carbons (Fsp3) is 0.125. The minimum absolute atomic E-state index is 0.169. The second-order valence-corrected chi connectivity index (χ2v) is 5.67. The number of nitrogens with two attached hydrogens (primary N) is 1. The number of ether oxygens (including phenoxy) is 1. The minimum atomic E-state index is -1.09. The number of primary amides is 1. The molecule has 0 fully saturated rings. The van der Waals surface area contributed by atoms with Crippen LogP contribution in [0.3, 0.4) is 0 Å². The second kappa shape index (κ2) is 7.39. The van der Waals surface area contributed by atoms with E-state index < -0.39 is 23.9 Å². The third-order valence-electron chi connectivity index (χ3n) is 3.05. The number of carbonyl (C=O) groups excluding carboxylic acids is 3. The van der Waals surface area contributed by atoms with Crippen molar-refractivity contribution >= 4 is 34.1 Å². The number of rotatable bonds is 5. The van der Waals surface area contributed by atoms with Gasteiger partial charge in [-0.2, -0.15) is 5.26 Å². The van der Waals surface area contributed by atoms with Gasteiger partial charge in [0.25, 0.3) is 11.8 Å². The Balaban J connectivity index is 2.03. The SMILES string of the molecule is C[C@@H](OC(=O)c1cccc(C#N)c1)C(=O)Nc1sccc1C(N)=O. The van der Waals surface area contributed by atoms with Gasteiger partial charge in [0, 0.05) is 0 Å². The van der Waals surface area contributed by atoms with Gasteiger partial charge in [-0.1, -0.05) is 6.07 Å². The number of nitriles is 1. The number of esters is 1. The Morgan fingerprint density at radius 1 is 1.33 bits per heavy atom. The largest absolute Gasteiger partial charge is 0.449 e. The summed E-state index contributed by atoms with van der Waals surface area (Å²) in [7, 11) is 0. The molecule has 3 N–H and O–H groups in total. The highest BCUT2D eigenvalue weighted by Gasteiger charge is 2.21. The summed E-state index contributed by atoms with van der Waals surface area (Å²) >= 11 is 1.13. The first-order chi connectivity index (χ1) is 11.4. The molecular formula is C16H13N3O4S. The molecular weight excluding hydrogens is 330 g/mol. The molecule has 0 aliphatic carbocycles. The van der Waals surface area contributed by atoms with Gasteiger partial charge in [-0.3, -0.25) is 9.59 Å². The molecule has 7 nitrogen and oxygen atoms in total. The summed E-state index contributed by atoms with van der Waals surface area (Å²) in [4.78, 5) is 35.3. The summed E-state index contributed by atoms with van der Waals surface area (Å²) in [6.07, 6.45) is -1.09. The van der Waals surface area contributed by atoms with Crippen LogP contribution in [-0.2, 0) is 9.53 Å². The number of hydrogen-bond acceptors (Lipinski definition) is 6. The molecule has 122 valence electrons. The summed E-state index contributed by atoms with van der Waals surface area (Å²) in [6, 6.07) is 9.36. The molecule has 0 aliphatic heterocycles. The van der Waals surface area contributed by atoms with E-state index in [9.17, 15) is 14.4 Å². The molecule has 1 aromatic heterocycles. The Morgan fingerprint density at radius 2 is 2.08 bits per heavy atom. The second-order valence-electron chi connectivity index (χ2n) is 4.76. The van der Waals surface area contributed by atoms with E-state index in [0.717, 1.165) is 11.3 Å². The van der Waals surface area contributed by atoms with Gasteiger partial charge in [0.05, 0.1) is 22.8 Å². The average Bonchev–Trinajstić information content (AvgIpc) is 3.03. The number of thiophene rings is 1. The number of anilines is 1. The number of amides is 2. The average molecular weight is 343 g/mol. The fourth-order valence-electron chi connectivity index (χ4n) is 1.81. The number of benzene rings is 1. The Hall–Kier alpha value is -3.18. The zero-order valence-corrected chi connectivity index (χ0v) is 13.4. The van der Waals surface area contributed by atoms with Gasteiger partial charge in [-0.25, -0.2) is 4.79 Å². The Kier molecular flexibility index (Phi) is 5.29. The van der Waals surface area contributed by atoms with E-state index in [1.165, 1.54) is 25.1 Å². The van der Waals surface area contributed by atoms with Crippen molar-refractivity contribution in [3.05, 3.63) is 52.4 Å². The summed E-state index contributed by atoms with van der Waals surface area (Å²) in [5.41, 5.74) is 5.87. The van der Waals surface area contributed by atoms with Crippen molar-refractivity contribution in [1.82, 2.24) is 0 Å². The van der Waals surface area contributed by atoms with E-state index >= 15 is 0 Å². The van der Waals surface area contributed by atoms with Crippen molar-refractivity contribution in [1.29, 1.82) is 5.26 Å². The van der Waals surface area contributed by atoms with Crippen LogP contribution in [0.1, 0.15) is 33.2 Å². The van der Waals surface area contributed by atoms with Crippen LogP contribution in [0.2, 0.25) is 0 Å². The molecule has 8 heteroatoms. The molecule has 1 atom stereocenters. The van der Waals surface area contributed by atoms with Crippen molar-refractivity contribution in [2.45, 2.75) is 13.0 Å². The first-order valence-corrected chi connectivity index (χ1v) is 7.69. The highest BCUT2D eigenvalue weighted by Crippen LogP contribution is 2.23. The predicted molar refractivity (Wildman–Crippen MR) is 87.5 cm³/mol. The molecule has 2 aromatic rings. The Bertz CT molecular complexity index is 838. The van der Waals surface area contributed by atoms with Crippen molar-refractivity contribution in [2.24, 2.45) is 5.73 Å². The molecule has 0 bridgehead atoms. The molecule has 0 radical (unpaired) electrons. The van der Waals surface area contributed by atoms with Crippen LogP contribution < -0.4 is 11.1 Å². The zero-order chi connectivity index (χ0) is 17.7. The highest BCUT2D eigenvalue weighted by molar-refractivity contribution is 7.14.